The zero-order valence-corrected chi connectivity index (χ0v) is 10.0. The highest BCUT2D eigenvalue weighted by Crippen LogP contribution is 2.12. The van der Waals surface area contributed by atoms with Crippen molar-refractivity contribution >= 4 is 5.91 Å². The van der Waals surface area contributed by atoms with E-state index in [4.69, 9.17) is 11.2 Å². The van der Waals surface area contributed by atoms with Crippen molar-refractivity contribution in [3.8, 4) is 18.1 Å². The molecule has 0 bridgehead atoms. The molecule has 1 aromatic rings. The molecule has 1 rings (SSSR count). The second-order valence-electron chi connectivity index (χ2n) is 3.65. The lowest BCUT2D eigenvalue weighted by Crippen LogP contribution is -2.24. The highest BCUT2D eigenvalue weighted by Gasteiger charge is 2.05. The molecule has 17 heavy (non-hydrogen) atoms. The molecule has 0 saturated carbocycles. The molecule has 1 N–H and O–H groups in total. The van der Waals surface area contributed by atoms with E-state index in [-0.39, 0.29) is 5.91 Å². The van der Waals surface area contributed by atoms with Crippen LogP contribution in [0.2, 0.25) is 0 Å². The lowest BCUT2D eigenvalue weighted by atomic mass is 10.2. The number of hydrogen-bond donors (Lipinski definition) is 1. The molecule has 0 aliphatic heterocycles. The van der Waals surface area contributed by atoms with Gasteiger partial charge in [0.2, 0.25) is 0 Å². The summed E-state index contributed by atoms with van der Waals surface area (Å²) in [6, 6.07) is 7.09. The van der Waals surface area contributed by atoms with E-state index >= 15 is 0 Å². The van der Waals surface area contributed by atoms with Gasteiger partial charge in [0, 0.05) is 18.5 Å². The normalized spacial score (nSPS) is 9.41. The number of carbonyl (C=O) groups excluding carboxylic acids is 1. The van der Waals surface area contributed by atoms with Crippen molar-refractivity contribution in [1.29, 1.82) is 0 Å². The number of hydrogen-bond acceptors (Lipinski definition) is 2. The lowest BCUT2D eigenvalue weighted by Gasteiger charge is -2.06. The molecule has 0 atom stereocenters. The van der Waals surface area contributed by atoms with E-state index in [1.54, 1.807) is 25.3 Å². The molecular weight excluding hydrogens is 214 g/mol. The molecule has 0 heterocycles. The van der Waals surface area contributed by atoms with Crippen molar-refractivity contribution < 1.29 is 9.53 Å². The summed E-state index contributed by atoms with van der Waals surface area (Å²) in [4.78, 5) is 11.7. The Labute approximate surface area is 102 Å². The molecule has 0 fully saturated rings. The van der Waals surface area contributed by atoms with Crippen LogP contribution in [0.3, 0.4) is 0 Å². The van der Waals surface area contributed by atoms with E-state index in [1.807, 2.05) is 6.07 Å². The number of benzene rings is 1. The number of carbonyl (C=O) groups is 1. The van der Waals surface area contributed by atoms with Gasteiger partial charge in [-0.15, -0.1) is 12.3 Å². The summed E-state index contributed by atoms with van der Waals surface area (Å²) in [7, 11) is 1.58. The third kappa shape index (κ3) is 4.60. The van der Waals surface area contributed by atoms with Crippen LogP contribution in [0.25, 0.3) is 0 Å². The number of terminal acetylenes is 1. The maximum atomic E-state index is 11.7. The van der Waals surface area contributed by atoms with Crippen LogP contribution in [0.5, 0.6) is 5.75 Å². The Morgan fingerprint density at radius 3 is 3.00 bits per heavy atom. The summed E-state index contributed by atoms with van der Waals surface area (Å²) in [6.07, 6.45) is 7.74. The van der Waals surface area contributed by atoms with E-state index in [9.17, 15) is 4.79 Å². The van der Waals surface area contributed by atoms with Crippen molar-refractivity contribution in [2.75, 3.05) is 13.7 Å². The van der Waals surface area contributed by atoms with Gasteiger partial charge in [0.1, 0.15) is 5.75 Å². The minimum absolute atomic E-state index is 0.0791. The van der Waals surface area contributed by atoms with E-state index in [1.165, 1.54) is 0 Å². The zero-order valence-electron chi connectivity index (χ0n) is 10.0. The Morgan fingerprint density at radius 1 is 1.47 bits per heavy atom. The largest absolute Gasteiger partial charge is 0.497 e. The van der Waals surface area contributed by atoms with Crippen LogP contribution in [-0.2, 0) is 0 Å². The Morgan fingerprint density at radius 2 is 2.29 bits per heavy atom. The van der Waals surface area contributed by atoms with Crippen molar-refractivity contribution in [3.63, 3.8) is 0 Å². The van der Waals surface area contributed by atoms with Gasteiger partial charge in [-0.3, -0.25) is 4.79 Å². The summed E-state index contributed by atoms with van der Waals surface area (Å²) < 4.78 is 5.06. The highest BCUT2D eigenvalue weighted by atomic mass is 16.5. The molecule has 0 aliphatic rings. The first-order chi connectivity index (χ1) is 8.27. The van der Waals surface area contributed by atoms with Crippen molar-refractivity contribution in [3.05, 3.63) is 29.8 Å². The third-order valence-corrected chi connectivity index (χ3v) is 2.37. The Balaban J connectivity index is 2.39. The summed E-state index contributed by atoms with van der Waals surface area (Å²) in [6.45, 7) is 0.651. The fourth-order valence-corrected chi connectivity index (χ4v) is 1.42. The molecule has 0 spiro atoms. The second kappa shape index (κ2) is 7.34. The van der Waals surface area contributed by atoms with Crippen LogP contribution in [0.1, 0.15) is 29.6 Å². The van der Waals surface area contributed by atoms with Gasteiger partial charge in [-0.2, -0.15) is 0 Å². The smallest absolute Gasteiger partial charge is 0.251 e. The first-order valence-electron chi connectivity index (χ1n) is 5.63. The monoisotopic (exact) mass is 231 g/mol. The van der Waals surface area contributed by atoms with Gasteiger partial charge in [0.05, 0.1) is 7.11 Å². The SMILES string of the molecule is C#CCCCCNC(=O)c1cccc(OC)c1. The Kier molecular flexibility index (Phi) is 5.67. The number of rotatable bonds is 6. The highest BCUT2D eigenvalue weighted by molar-refractivity contribution is 5.94. The fraction of sp³-hybridized carbons (Fsp3) is 0.357. The number of amides is 1. The summed E-state index contributed by atoms with van der Waals surface area (Å²) in [5.74, 6) is 3.18. The first kappa shape index (κ1) is 13.1. The van der Waals surface area contributed by atoms with Crippen LogP contribution in [0.4, 0.5) is 0 Å². The molecule has 0 saturated heterocycles. The Hall–Kier alpha value is -1.95. The van der Waals surface area contributed by atoms with Crippen LogP contribution in [0, 0.1) is 12.3 Å². The second-order valence-corrected chi connectivity index (χ2v) is 3.65. The molecular formula is C14H17NO2. The van der Waals surface area contributed by atoms with Crippen molar-refractivity contribution in [2.45, 2.75) is 19.3 Å². The topological polar surface area (TPSA) is 38.3 Å². The molecule has 1 aromatic carbocycles. The third-order valence-electron chi connectivity index (χ3n) is 2.37. The quantitative estimate of drug-likeness (QED) is 0.602. The Bertz CT molecular complexity index is 407. The van der Waals surface area contributed by atoms with E-state index < -0.39 is 0 Å². The van der Waals surface area contributed by atoms with Gasteiger partial charge in [-0.25, -0.2) is 0 Å². The molecule has 0 unspecified atom stereocenters. The molecule has 3 nitrogen and oxygen atoms in total. The number of nitrogens with one attached hydrogen (secondary N) is 1. The van der Waals surface area contributed by atoms with E-state index in [2.05, 4.69) is 11.2 Å². The van der Waals surface area contributed by atoms with Crippen molar-refractivity contribution in [2.24, 2.45) is 0 Å². The minimum atomic E-state index is -0.0791. The van der Waals surface area contributed by atoms with Crippen LogP contribution >= 0.6 is 0 Å². The van der Waals surface area contributed by atoms with Gasteiger partial charge < -0.3 is 10.1 Å². The molecule has 3 heteroatoms. The lowest BCUT2D eigenvalue weighted by molar-refractivity contribution is 0.0952. The van der Waals surface area contributed by atoms with Gasteiger partial charge >= 0.3 is 0 Å². The van der Waals surface area contributed by atoms with Crippen LogP contribution < -0.4 is 10.1 Å². The standard InChI is InChI=1S/C14H17NO2/c1-3-4-5-6-10-15-14(16)12-8-7-9-13(11-12)17-2/h1,7-9,11H,4-6,10H2,2H3,(H,15,16). The minimum Gasteiger partial charge on any atom is -0.497 e. The van der Waals surface area contributed by atoms with Crippen LogP contribution in [-0.4, -0.2) is 19.6 Å². The molecule has 1 amide bonds. The fourth-order valence-electron chi connectivity index (χ4n) is 1.42. The zero-order chi connectivity index (χ0) is 12.5. The summed E-state index contributed by atoms with van der Waals surface area (Å²) in [5.41, 5.74) is 0.612. The predicted octanol–water partition coefficient (Wildman–Crippen LogP) is 2.23. The first-order valence-corrected chi connectivity index (χ1v) is 5.63. The number of ether oxygens (including phenoxy) is 1. The van der Waals surface area contributed by atoms with E-state index in [0.29, 0.717) is 17.9 Å². The van der Waals surface area contributed by atoms with E-state index in [0.717, 1.165) is 19.3 Å². The van der Waals surface area contributed by atoms with Crippen molar-refractivity contribution in [1.82, 2.24) is 5.32 Å². The van der Waals surface area contributed by atoms with Gasteiger partial charge in [-0.1, -0.05) is 6.07 Å². The summed E-state index contributed by atoms with van der Waals surface area (Å²) >= 11 is 0. The molecule has 0 aliphatic carbocycles. The molecule has 0 radical (unpaired) electrons. The average Bonchev–Trinajstić information content (AvgIpc) is 2.38. The average molecular weight is 231 g/mol. The van der Waals surface area contributed by atoms with Gasteiger partial charge in [-0.05, 0) is 31.0 Å². The molecule has 90 valence electrons. The van der Waals surface area contributed by atoms with Gasteiger partial charge in [0.25, 0.3) is 5.91 Å². The number of methoxy groups -OCH3 is 1. The van der Waals surface area contributed by atoms with Crippen LogP contribution in [0.15, 0.2) is 24.3 Å². The maximum Gasteiger partial charge on any atom is 0.251 e. The predicted molar refractivity (Wildman–Crippen MR) is 68.0 cm³/mol. The maximum absolute atomic E-state index is 11.7. The van der Waals surface area contributed by atoms with Gasteiger partial charge in [0.15, 0.2) is 0 Å². The number of unbranched alkanes of at least 4 members (excludes halogenated alkanes) is 2. The molecule has 0 aromatic heterocycles. The summed E-state index contributed by atoms with van der Waals surface area (Å²) in [5, 5.41) is 2.85.